The maximum absolute atomic E-state index is 12.8. The zero-order chi connectivity index (χ0) is 22.7. The highest BCUT2D eigenvalue weighted by molar-refractivity contribution is 6.09. The Balaban J connectivity index is 1.76. The number of rotatable bonds is 6. The highest BCUT2D eigenvalue weighted by Gasteiger charge is 2.35. The number of nitrogens with one attached hydrogen (secondary N) is 1. The van der Waals surface area contributed by atoms with E-state index in [2.05, 4.69) is 4.98 Å². The third-order valence-electron chi connectivity index (χ3n) is 5.40. The van der Waals surface area contributed by atoms with Gasteiger partial charge in [-0.3, -0.25) is 9.59 Å². The van der Waals surface area contributed by atoms with Crippen LogP contribution in [-0.2, 0) is 32.0 Å². The number of aromatic amines is 1. The van der Waals surface area contributed by atoms with Gasteiger partial charge in [0, 0.05) is 31.3 Å². The number of amides is 1. The van der Waals surface area contributed by atoms with Gasteiger partial charge in [0.25, 0.3) is 0 Å². The van der Waals surface area contributed by atoms with Crippen molar-refractivity contribution in [3.8, 4) is 0 Å². The number of aromatic nitrogens is 1. The largest absolute Gasteiger partial charge is 0.462 e. The molecule has 164 valence electrons. The maximum atomic E-state index is 12.8. The number of carbonyl (C=O) groups excluding carboxylic acids is 4. The SMILES string of the molecule is CCOC(=O)c1c(C)[nH]c(C)c1C(=O)COC(=O)[C@@H]1Cc2ccccc2CN1C(C)=O. The number of H-pyrrole nitrogens is 1. The van der Waals surface area contributed by atoms with Gasteiger partial charge in [-0.2, -0.15) is 0 Å². The Kier molecular flexibility index (Phi) is 6.58. The van der Waals surface area contributed by atoms with Crippen LogP contribution in [0.25, 0.3) is 0 Å². The molecule has 2 aromatic rings. The second-order valence-corrected chi connectivity index (χ2v) is 7.51. The predicted octanol–water partition coefficient (Wildman–Crippen LogP) is 2.51. The third-order valence-corrected chi connectivity index (χ3v) is 5.40. The van der Waals surface area contributed by atoms with E-state index in [-0.39, 0.29) is 23.6 Å². The lowest BCUT2D eigenvalue weighted by atomic mass is 9.94. The van der Waals surface area contributed by atoms with Crippen molar-refractivity contribution in [1.29, 1.82) is 0 Å². The molecule has 0 spiro atoms. The molecule has 1 aliphatic heterocycles. The lowest BCUT2D eigenvalue weighted by Gasteiger charge is -2.34. The monoisotopic (exact) mass is 426 g/mol. The van der Waals surface area contributed by atoms with E-state index in [1.165, 1.54) is 11.8 Å². The summed E-state index contributed by atoms with van der Waals surface area (Å²) in [5, 5.41) is 0. The van der Waals surface area contributed by atoms with Crippen LogP contribution in [0.2, 0.25) is 0 Å². The van der Waals surface area contributed by atoms with E-state index in [1.54, 1.807) is 20.8 Å². The number of hydrogen-bond donors (Lipinski definition) is 1. The summed E-state index contributed by atoms with van der Waals surface area (Å²) in [7, 11) is 0. The van der Waals surface area contributed by atoms with Crippen LogP contribution in [0.3, 0.4) is 0 Å². The number of benzene rings is 1. The van der Waals surface area contributed by atoms with Gasteiger partial charge >= 0.3 is 11.9 Å². The first-order valence-corrected chi connectivity index (χ1v) is 10.1. The summed E-state index contributed by atoms with van der Waals surface area (Å²) < 4.78 is 10.3. The molecular formula is C23H26N2O6. The van der Waals surface area contributed by atoms with Gasteiger partial charge in [-0.05, 0) is 31.9 Å². The molecule has 1 N–H and O–H groups in total. The fourth-order valence-electron chi connectivity index (χ4n) is 3.96. The van der Waals surface area contributed by atoms with E-state index in [9.17, 15) is 19.2 Å². The zero-order valence-electron chi connectivity index (χ0n) is 18.1. The zero-order valence-corrected chi connectivity index (χ0v) is 18.1. The fraction of sp³-hybridized carbons (Fsp3) is 0.391. The van der Waals surface area contributed by atoms with Gasteiger partial charge in [-0.25, -0.2) is 9.59 Å². The summed E-state index contributed by atoms with van der Waals surface area (Å²) >= 11 is 0. The summed E-state index contributed by atoms with van der Waals surface area (Å²) in [6.45, 7) is 6.37. The van der Waals surface area contributed by atoms with Crippen LogP contribution in [0.1, 0.15) is 57.1 Å². The Morgan fingerprint density at radius 2 is 1.68 bits per heavy atom. The van der Waals surface area contributed by atoms with Crippen molar-refractivity contribution in [2.75, 3.05) is 13.2 Å². The molecule has 1 aliphatic rings. The first-order chi connectivity index (χ1) is 14.7. The van der Waals surface area contributed by atoms with Crippen LogP contribution in [0.5, 0.6) is 0 Å². The summed E-state index contributed by atoms with van der Waals surface area (Å²) in [4.78, 5) is 54.4. The molecule has 0 radical (unpaired) electrons. The second kappa shape index (κ2) is 9.16. The molecule has 2 heterocycles. The predicted molar refractivity (Wildman–Crippen MR) is 112 cm³/mol. The number of esters is 2. The van der Waals surface area contributed by atoms with Crippen LogP contribution >= 0.6 is 0 Å². The van der Waals surface area contributed by atoms with Crippen LogP contribution in [0, 0.1) is 13.8 Å². The molecule has 0 unspecified atom stereocenters. The van der Waals surface area contributed by atoms with E-state index in [4.69, 9.17) is 9.47 Å². The Hall–Kier alpha value is -3.42. The van der Waals surface area contributed by atoms with Crippen molar-refractivity contribution < 1.29 is 28.7 Å². The van der Waals surface area contributed by atoms with Gasteiger partial charge in [-0.1, -0.05) is 24.3 Å². The Bertz CT molecular complexity index is 1040. The molecule has 0 bridgehead atoms. The van der Waals surface area contributed by atoms with E-state index in [0.717, 1.165) is 11.1 Å². The number of hydrogen-bond acceptors (Lipinski definition) is 6. The number of carbonyl (C=O) groups is 4. The lowest BCUT2D eigenvalue weighted by Crippen LogP contribution is -2.48. The molecule has 1 aromatic heterocycles. The van der Waals surface area contributed by atoms with Crippen molar-refractivity contribution in [1.82, 2.24) is 9.88 Å². The van der Waals surface area contributed by atoms with Crippen LogP contribution in [0.4, 0.5) is 0 Å². The molecule has 3 rings (SSSR count). The average Bonchev–Trinajstić information content (AvgIpc) is 3.04. The molecule has 1 aromatic carbocycles. The van der Waals surface area contributed by atoms with Crippen molar-refractivity contribution in [2.45, 2.75) is 46.7 Å². The molecule has 8 nitrogen and oxygen atoms in total. The van der Waals surface area contributed by atoms with Crippen molar-refractivity contribution in [3.63, 3.8) is 0 Å². The van der Waals surface area contributed by atoms with Gasteiger partial charge in [0.15, 0.2) is 6.61 Å². The van der Waals surface area contributed by atoms with E-state index in [0.29, 0.717) is 24.4 Å². The van der Waals surface area contributed by atoms with E-state index >= 15 is 0 Å². The summed E-state index contributed by atoms with van der Waals surface area (Å²) in [5.74, 6) is -2.01. The normalized spacial score (nSPS) is 15.2. The number of ether oxygens (including phenoxy) is 2. The fourth-order valence-corrected chi connectivity index (χ4v) is 3.96. The highest BCUT2D eigenvalue weighted by Crippen LogP contribution is 2.25. The summed E-state index contributed by atoms with van der Waals surface area (Å²) in [6, 6.07) is 6.79. The van der Waals surface area contributed by atoms with Gasteiger partial charge < -0.3 is 19.4 Å². The van der Waals surface area contributed by atoms with E-state index < -0.39 is 30.4 Å². The number of Topliss-reactive ketones (excluding diaryl/α,β-unsaturated/α-hetero) is 1. The molecule has 1 atom stereocenters. The first-order valence-electron chi connectivity index (χ1n) is 10.1. The topological polar surface area (TPSA) is 106 Å². The Morgan fingerprint density at radius 3 is 2.32 bits per heavy atom. The maximum Gasteiger partial charge on any atom is 0.340 e. The molecule has 0 fully saturated rings. The molecule has 0 saturated carbocycles. The quantitative estimate of drug-likeness (QED) is 0.562. The van der Waals surface area contributed by atoms with Crippen LogP contribution in [-0.4, -0.2) is 52.8 Å². The number of fused-ring (bicyclic) bond motifs is 1. The Morgan fingerprint density at radius 1 is 1.03 bits per heavy atom. The van der Waals surface area contributed by atoms with Crippen molar-refractivity contribution in [3.05, 3.63) is 57.9 Å². The standard InChI is InChI=1S/C23H26N2O6/c1-5-30-23(29)21-14(3)24-13(2)20(21)19(27)12-31-22(28)18-10-16-8-6-7-9-17(16)11-25(18)15(4)26/h6-9,18,24H,5,10-12H2,1-4H3/t18-/m0/s1. The van der Waals surface area contributed by atoms with Crippen molar-refractivity contribution >= 4 is 23.6 Å². The number of nitrogens with zero attached hydrogens (tertiary/aromatic N) is 1. The smallest absolute Gasteiger partial charge is 0.340 e. The molecule has 31 heavy (non-hydrogen) atoms. The number of ketones is 1. The van der Waals surface area contributed by atoms with Gasteiger partial charge in [-0.15, -0.1) is 0 Å². The number of aryl methyl sites for hydroxylation is 2. The van der Waals surface area contributed by atoms with Gasteiger partial charge in [0.1, 0.15) is 6.04 Å². The second-order valence-electron chi connectivity index (χ2n) is 7.51. The van der Waals surface area contributed by atoms with Crippen molar-refractivity contribution in [2.24, 2.45) is 0 Å². The first kappa shape index (κ1) is 22.3. The van der Waals surface area contributed by atoms with Gasteiger partial charge in [0.2, 0.25) is 11.7 Å². The molecule has 8 heteroatoms. The minimum atomic E-state index is -0.807. The minimum absolute atomic E-state index is 0.150. The molecule has 0 saturated heterocycles. The minimum Gasteiger partial charge on any atom is -0.462 e. The van der Waals surface area contributed by atoms with E-state index in [1.807, 2.05) is 24.3 Å². The average molecular weight is 426 g/mol. The van der Waals surface area contributed by atoms with Crippen LogP contribution < -0.4 is 0 Å². The van der Waals surface area contributed by atoms with Crippen LogP contribution in [0.15, 0.2) is 24.3 Å². The third kappa shape index (κ3) is 4.52. The molecular weight excluding hydrogens is 400 g/mol. The highest BCUT2D eigenvalue weighted by atomic mass is 16.5. The molecule has 1 amide bonds. The molecule has 0 aliphatic carbocycles. The van der Waals surface area contributed by atoms with Gasteiger partial charge in [0.05, 0.1) is 17.7 Å². The summed E-state index contributed by atoms with van der Waals surface area (Å²) in [5.41, 5.74) is 3.26. The Labute approximate surface area is 180 Å². The summed E-state index contributed by atoms with van der Waals surface area (Å²) in [6.07, 6.45) is 0.319. The lowest BCUT2D eigenvalue weighted by molar-refractivity contribution is -0.154.